The number of nitrogens with zero attached hydrogens (tertiary/aromatic N) is 4. The van der Waals surface area contributed by atoms with Gasteiger partial charge in [-0.15, -0.1) is 0 Å². The number of carbonyl (C=O) groups excluding carboxylic acids is 1. The van der Waals surface area contributed by atoms with E-state index < -0.39 is 0 Å². The van der Waals surface area contributed by atoms with Crippen molar-refractivity contribution >= 4 is 34.4 Å². The molecular formula is C23H22ClN5O2. The van der Waals surface area contributed by atoms with E-state index in [1.165, 1.54) is 0 Å². The lowest BCUT2D eigenvalue weighted by Crippen LogP contribution is -2.20. The van der Waals surface area contributed by atoms with Gasteiger partial charge in [-0.1, -0.05) is 35.9 Å². The third-order valence-electron chi connectivity index (χ3n) is 5.43. The van der Waals surface area contributed by atoms with E-state index in [1.807, 2.05) is 37.3 Å². The number of benzene rings is 2. The van der Waals surface area contributed by atoms with Crippen LogP contribution >= 0.6 is 11.6 Å². The standard InChI is InChI=1S/C23H22ClN5O2/c1-15-13-21(26-22(30)17-8-2-3-9-18(17)24)29(27-15)23-25-19-10-4-5-11-20(19)28(23)14-16-7-6-12-31-16/h2-5,8-11,13,16H,6-7,12,14H2,1H3,(H,26,30). The number of amides is 1. The van der Waals surface area contributed by atoms with Crippen LogP contribution in [0.3, 0.4) is 0 Å². The average molecular weight is 436 g/mol. The highest BCUT2D eigenvalue weighted by Crippen LogP contribution is 2.26. The van der Waals surface area contributed by atoms with E-state index in [9.17, 15) is 4.79 Å². The summed E-state index contributed by atoms with van der Waals surface area (Å²) < 4.78 is 9.67. The van der Waals surface area contributed by atoms with Gasteiger partial charge in [0.05, 0.1) is 40.0 Å². The van der Waals surface area contributed by atoms with Gasteiger partial charge in [0, 0.05) is 12.7 Å². The topological polar surface area (TPSA) is 74.0 Å². The number of ether oxygens (including phenoxy) is 1. The van der Waals surface area contributed by atoms with Crippen LogP contribution in [-0.4, -0.2) is 37.9 Å². The van der Waals surface area contributed by atoms with Gasteiger partial charge in [0.25, 0.3) is 5.91 Å². The maximum Gasteiger partial charge on any atom is 0.258 e. The Hall–Kier alpha value is -3.16. The fourth-order valence-electron chi connectivity index (χ4n) is 3.97. The van der Waals surface area contributed by atoms with Crippen LogP contribution in [-0.2, 0) is 11.3 Å². The Balaban J connectivity index is 1.56. The molecule has 1 unspecified atom stereocenters. The summed E-state index contributed by atoms with van der Waals surface area (Å²) in [5.41, 5.74) is 3.05. The van der Waals surface area contributed by atoms with Gasteiger partial charge in [-0.3, -0.25) is 4.79 Å². The third kappa shape index (κ3) is 3.82. The van der Waals surface area contributed by atoms with Gasteiger partial charge in [-0.25, -0.2) is 4.98 Å². The molecule has 1 aliphatic heterocycles. The molecule has 1 N–H and O–H groups in total. The number of para-hydroxylation sites is 2. The zero-order valence-corrected chi connectivity index (χ0v) is 17.8. The summed E-state index contributed by atoms with van der Waals surface area (Å²) in [7, 11) is 0. The van der Waals surface area contributed by atoms with Crippen molar-refractivity contribution in [2.75, 3.05) is 11.9 Å². The molecule has 1 aliphatic rings. The van der Waals surface area contributed by atoms with E-state index in [0.717, 1.165) is 36.2 Å². The van der Waals surface area contributed by atoms with Gasteiger partial charge in [0.15, 0.2) is 0 Å². The second-order valence-corrected chi connectivity index (χ2v) is 8.07. The molecule has 0 saturated carbocycles. The predicted molar refractivity (Wildman–Crippen MR) is 120 cm³/mol. The van der Waals surface area contributed by atoms with Crippen LogP contribution in [0.1, 0.15) is 28.9 Å². The Bertz CT molecular complexity index is 1260. The highest BCUT2D eigenvalue weighted by Gasteiger charge is 2.23. The van der Waals surface area contributed by atoms with Gasteiger partial charge in [0.1, 0.15) is 5.82 Å². The zero-order valence-electron chi connectivity index (χ0n) is 17.1. The summed E-state index contributed by atoms with van der Waals surface area (Å²) >= 11 is 6.21. The van der Waals surface area contributed by atoms with E-state index >= 15 is 0 Å². The monoisotopic (exact) mass is 435 g/mol. The first-order valence-corrected chi connectivity index (χ1v) is 10.7. The molecule has 1 fully saturated rings. The number of hydrogen-bond acceptors (Lipinski definition) is 4. The zero-order chi connectivity index (χ0) is 21.4. The molecule has 1 amide bonds. The van der Waals surface area contributed by atoms with Gasteiger partial charge in [0.2, 0.25) is 5.95 Å². The fourth-order valence-corrected chi connectivity index (χ4v) is 4.19. The van der Waals surface area contributed by atoms with Crippen LogP contribution in [0.25, 0.3) is 17.0 Å². The van der Waals surface area contributed by atoms with Crippen LogP contribution in [0.15, 0.2) is 54.6 Å². The number of imidazole rings is 1. The summed E-state index contributed by atoms with van der Waals surface area (Å²) in [5, 5.41) is 7.97. The van der Waals surface area contributed by atoms with E-state index in [1.54, 1.807) is 28.9 Å². The Kier molecular flexibility index (Phi) is 5.21. The van der Waals surface area contributed by atoms with Crippen molar-refractivity contribution in [2.24, 2.45) is 0 Å². The SMILES string of the molecule is Cc1cc(NC(=O)c2ccccc2Cl)n(-c2nc3ccccc3n2CC2CCCO2)n1. The van der Waals surface area contributed by atoms with Crippen LogP contribution < -0.4 is 5.32 Å². The molecule has 5 rings (SSSR count). The maximum absolute atomic E-state index is 12.9. The minimum atomic E-state index is -0.298. The van der Waals surface area contributed by atoms with Crippen LogP contribution in [0.4, 0.5) is 5.82 Å². The molecule has 158 valence electrons. The number of aromatic nitrogens is 4. The number of halogens is 1. The number of anilines is 1. The Labute approximate surface area is 184 Å². The molecule has 2 aromatic heterocycles. The molecular weight excluding hydrogens is 414 g/mol. The maximum atomic E-state index is 12.9. The molecule has 3 heterocycles. The van der Waals surface area contributed by atoms with E-state index in [-0.39, 0.29) is 12.0 Å². The molecule has 31 heavy (non-hydrogen) atoms. The Morgan fingerprint density at radius 3 is 2.84 bits per heavy atom. The summed E-state index contributed by atoms with van der Waals surface area (Å²) in [6, 6.07) is 16.8. The summed E-state index contributed by atoms with van der Waals surface area (Å²) in [5.74, 6) is 0.874. The molecule has 0 spiro atoms. The number of rotatable bonds is 5. The van der Waals surface area contributed by atoms with E-state index in [4.69, 9.17) is 21.3 Å². The highest BCUT2D eigenvalue weighted by molar-refractivity contribution is 6.34. The average Bonchev–Trinajstić information content (AvgIpc) is 3.48. The number of nitrogens with one attached hydrogen (secondary N) is 1. The Morgan fingerprint density at radius 1 is 1.23 bits per heavy atom. The van der Waals surface area contributed by atoms with Crippen molar-refractivity contribution < 1.29 is 9.53 Å². The van der Waals surface area contributed by atoms with Gasteiger partial charge in [-0.2, -0.15) is 9.78 Å². The molecule has 4 aromatic rings. The fraction of sp³-hybridized carbons (Fsp3) is 0.261. The third-order valence-corrected chi connectivity index (χ3v) is 5.76. The number of carbonyl (C=O) groups is 1. The molecule has 8 heteroatoms. The number of aryl methyl sites for hydroxylation is 1. The Morgan fingerprint density at radius 2 is 2.03 bits per heavy atom. The van der Waals surface area contributed by atoms with Gasteiger partial charge < -0.3 is 14.6 Å². The molecule has 7 nitrogen and oxygen atoms in total. The first-order valence-electron chi connectivity index (χ1n) is 10.3. The minimum absolute atomic E-state index is 0.134. The summed E-state index contributed by atoms with van der Waals surface area (Å²) in [6.45, 7) is 3.34. The van der Waals surface area contributed by atoms with E-state index in [0.29, 0.717) is 28.9 Å². The van der Waals surface area contributed by atoms with Crippen molar-refractivity contribution in [3.63, 3.8) is 0 Å². The molecule has 0 aliphatic carbocycles. The van der Waals surface area contributed by atoms with Gasteiger partial charge in [-0.05, 0) is 44.0 Å². The quantitative estimate of drug-likeness (QED) is 0.496. The van der Waals surface area contributed by atoms with Crippen LogP contribution in [0, 0.1) is 6.92 Å². The van der Waals surface area contributed by atoms with Gasteiger partial charge >= 0.3 is 0 Å². The lowest BCUT2D eigenvalue weighted by molar-refractivity contribution is 0.0976. The normalized spacial score (nSPS) is 16.1. The molecule has 1 atom stereocenters. The first kappa shape index (κ1) is 19.8. The largest absolute Gasteiger partial charge is 0.376 e. The minimum Gasteiger partial charge on any atom is -0.376 e. The number of hydrogen-bond donors (Lipinski definition) is 1. The van der Waals surface area contributed by atoms with Crippen molar-refractivity contribution in [1.82, 2.24) is 19.3 Å². The predicted octanol–water partition coefficient (Wildman–Crippen LogP) is 4.62. The van der Waals surface area contributed by atoms with Crippen LogP contribution in [0.2, 0.25) is 5.02 Å². The molecule has 0 bridgehead atoms. The smallest absolute Gasteiger partial charge is 0.258 e. The van der Waals surface area contributed by atoms with Crippen molar-refractivity contribution in [1.29, 1.82) is 0 Å². The molecule has 1 saturated heterocycles. The van der Waals surface area contributed by atoms with E-state index in [2.05, 4.69) is 15.0 Å². The summed E-state index contributed by atoms with van der Waals surface area (Å²) in [6.07, 6.45) is 2.21. The van der Waals surface area contributed by atoms with Crippen molar-refractivity contribution in [3.05, 3.63) is 70.9 Å². The van der Waals surface area contributed by atoms with Crippen molar-refractivity contribution in [2.45, 2.75) is 32.4 Å². The lowest BCUT2D eigenvalue weighted by atomic mass is 10.2. The van der Waals surface area contributed by atoms with Crippen molar-refractivity contribution in [3.8, 4) is 5.95 Å². The second-order valence-electron chi connectivity index (χ2n) is 7.66. The highest BCUT2D eigenvalue weighted by atomic mass is 35.5. The first-order chi connectivity index (χ1) is 15.1. The second kappa shape index (κ2) is 8.17. The lowest BCUT2D eigenvalue weighted by Gasteiger charge is -2.15. The number of fused-ring (bicyclic) bond motifs is 1. The summed E-state index contributed by atoms with van der Waals surface area (Å²) in [4.78, 5) is 17.7. The van der Waals surface area contributed by atoms with Crippen LogP contribution in [0.5, 0.6) is 0 Å². The molecule has 0 radical (unpaired) electrons. The molecule has 2 aromatic carbocycles.